The Labute approximate surface area is 220 Å². The van der Waals surface area contributed by atoms with Gasteiger partial charge in [-0.3, -0.25) is 19.6 Å². The van der Waals surface area contributed by atoms with Crippen LogP contribution in [0.2, 0.25) is 0 Å². The summed E-state index contributed by atoms with van der Waals surface area (Å²) in [5.41, 5.74) is 2.11. The maximum atomic E-state index is 12.0. The number of hydrogen-bond acceptors (Lipinski definition) is 11. The summed E-state index contributed by atoms with van der Waals surface area (Å²) in [6.45, 7) is -0.195. The average molecular weight is 523 g/mol. The second kappa shape index (κ2) is 10.1. The number of aliphatic hydroxyl groups is 1. The number of H-pyrrole nitrogens is 1. The molecule has 0 bridgehead atoms. The molecule has 5 heterocycles. The predicted molar refractivity (Wildman–Crippen MR) is 143 cm³/mol. The lowest BCUT2D eigenvalue weighted by atomic mass is 10.1. The van der Waals surface area contributed by atoms with Gasteiger partial charge in [0, 0.05) is 19.4 Å². The predicted octanol–water partition coefficient (Wildman–Crippen LogP) is 3.05. The molecule has 1 aromatic carbocycles. The van der Waals surface area contributed by atoms with E-state index in [1.807, 2.05) is 36.4 Å². The molecule has 0 aliphatic rings. The zero-order valence-electron chi connectivity index (χ0n) is 20.6. The molecule has 13 nitrogen and oxygen atoms in total. The van der Waals surface area contributed by atoms with Crippen molar-refractivity contribution < 1.29 is 9.63 Å². The molecule has 0 amide bonds. The Bertz CT molecular complexity index is 1800. The first kappa shape index (κ1) is 23.9. The second-order valence-corrected chi connectivity index (χ2v) is 8.58. The number of fused-ring (bicyclic) bond motifs is 1. The summed E-state index contributed by atoms with van der Waals surface area (Å²) in [7, 11) is 1.70. The highest BCUT2D eigenvalue weighted by atomic mass is 16.5. The molecule has 194 valence electrons. The lowest BCUT2D eigenvalue weighted by molar-refractivity contribution is 0.276. The first-order chi connectivity index (χ1) is 19.1. The van der Waals surface area contributed by atoms with Gasteiger partial charge in [0.1, 0.15) is 22.9 Å². The molecule has 0 aliphatic carbocycles. The van der Waals surface area contributed by atoms with Crippen LogP contribution in [0.5, 0.6) is 0 Å². The zero-order chi connectivity index (χ0) is 26.8. The third-order valence-corrected chi connectivity index (χ3v) is 5.98. The molecule has 6 aromatic rings. The molecule has 0 aliphatic heterocycles. The molecule has 5 aromatic heterocycles. The zero-order valence-corrected chi connectivity index (χ0v) is 20.6. The van der Waals surface area contributed by atoms with Crippen LogP contribution in [0.25, 0.3) is 34.0 Å². The highest BCUT2D eigenvalue weighted by molar-refractivity contribution is 5.77. The number of aryl methyl sites for hydroxylation is 1. The fraction of sp³-hybridized carbons (Fsp3) is 0.115. The van der Waals surface area contributed by atoms with Crippen LogP contribution in [0.3, 0.4) is 0 Å². The van der Waals surface area contributed by atoms with E-state index in [9.17, 15) is 9.90 Å². The summed E-state index contributed by atoms with van der Waals surface area (Å²) in [6, 6.07) is 17.8. The largest absolute Gasteiger partial charge is 0.394 e. The molecule has 6 rings (SSSR count). The van der Waals surface area contributed by atoms with Gasteiger partial charge in [-0.1, -0.05) is 41.6 Å². The maximum absolute atomic E-state index is 12.0. The summed E-state index contributed by atoms with van der Waals surface area (Å²) in [6.07, 6.45) is 3.18. The smallest absolute Gasteiger partial charge is 0.273 e. The van der Waals surface area contributed by atoms with E-state index in [-0.39, 0.29) is 24.0 Å². The van der Waals surface area contributed by atoms with Crippen molar-refractivity contribution in [1.29, 1.82) is 0 Å². The molecule has 13 heteroatoms. The number of pyridine rings is 2. The van der Waals surface area contributed by atoms with Gasteiger partial charge in [0.05, 0.1) is 18.0 Å². The van der Waals surface area contributed by atoms with Crippen molar-refractivity contribution in [3.05, 3.63) is 89.0 Å². The van der Waals surface area contributed by atoms with E-state index in [1.54, 1.807) is 42.2 Å². The van der Waals surface area contributed by atoms with Crippen molar-refractivity contribution in [2.75, 3.05) is 17.2 Å². The molecule has 0 saturated heterocycles. The van der Waals surface area contributed by atoms with Crippen LogP contribution in [0.15, 0.2) is 82.4 Å². The Kier molecular flexibility index (Phi) is 6.23. The number of nitrogens with zero attached hydrogens (tertiary/aromatic N) is 7. The molecule has 0 unspecified atom stereocenters. The summed E-state index contributed by atoms with van der Waals surface area (Å²) >= 11 is 0. The highest BCUT2D eigenvalue weighted by Gasteiger charge is 2.21. The van der Waals surface area contributed by atoms with E-state index in [0.29, 0.717) is 39.8 Å². The first-order valence-electron chi connectivity index (χ1n) is 12.0. The normalized spacial score (nSPS) is 11.9. The number of anilines is 3. The molecule has 0 radical (unpaired) electrons. The number of aliphatic hydroxyl groups excluding tert-OH is 1. The number of aromatic nitrogens is 8. The molecule has 4 N–H and O–H groups in total. The van der Waals surface area contributed by atoms with Crippen LogP contribution in [0.1, 0.15) is 11.6 Å². The molecular formula is C26H22N10O3. The Hall–Kier alpha value is -5.43. The highest BCUT2D eigenvalue weighted by Crippen LogP contribution is 2.30. The van der Waals surface area contributed by atoms with Crippen molar-refractivity contribution in [3.8, 4) is 23.0 Å². The third-order valence-electron chi connectivity index (χ3n) is 5.98. The van der Waals surface area contributed by atoms with Gasteiger partial charge < -0.3 is 20.3 Å². The first-order valence-corrected chi connectivity index (χ1v) is 12.0. The van der Waals surface area contributed by atoms with Crippen LogP contribution in [-0.2, 0) is 7.05 Å². The van der Waals surface area contributed by atoms with Crippen molar-refractivity contribution in [2.45, 2.75) is 6.04 Å². The van der Waals surface area contributed by atoms with E-state index < -0.39 is 6.04 Å². The minimum absolute atomic E-state index is 0.177. The van der Waals surface area contributed by atoms with E-state index in [0.717, 1.165) is 5.56 Å². The fourth-order valence-corrected chi connectivity index (χ4v) is 4.06. The van der Waals surface area contributed by atoms with E-state index in [4.69, 9.17) is 4.52 Å². The Morgan fingerprint density at radius 1 is 1.03 bits per heavy atom. The minimum Gasteiger partial charge on any atom is -0.394 e. The van der Waals surface area contributed by atoms with Crippen molar-refractivity contribution in [1.82, 2.24) is 39.9 Å². The number of nitrogens with one attached hydrogen (secondary N) is 3. The number of hydrogen-bond donors (Lipinski definition) is 4. The summed E-state index contributed by atoms with van der Waals surface area (Å²) in [5, 5.41) is 23.7. The lowest BCUT2D eigenvalue weighted by Gasteiger charge is -2.19. The van der Waals surface area contributed by atoms with Crippen LogP contribution in [0, 0.1) is 0 Å². The molecule has 39 heavy (non-hydrogen) atoms. The molecule has 0 saturated carbocycles. The molecular weight excluding hydrogens is 500 g/mol. The van der Waals surface area contributed by atoms with Gasteiger partial charge in [-0.15, -0.1) is 0 Å². The standard InChI is InChI=1S/C26H22N10O3/c1-36-23-16(24(38)34-36)10-11-20(30-23)31-26-28-13-17(25-32-22(35-39-25)18-9-5-6-12-27-18)21(33-26)29-19(14-37)15-7-3-2-4-8-15/h2-13,19,37H,14H2,1H3,(H,34,38)(H2,28,29,30,31,33)/t19-/m1/s1. The van der Waals surface area contributed by atoms with Crippen molar-refractivity contribution in [2.24, 2.45) is 7.05 Å². The fourth-order valence-electron chi connectivity index (χ4n) is 4.06. The average Bonchev–Trinajstić information content (AvgIpc) is 3.57. The van der Waals surface area contributed by atoms with Crippen LogP contribution < -0.4 is 16.2 Å². The Morgan fingerprint density at radius 3 is 2.67 bits per heavy atom. The maximum Gasteiger partial charge on any atom is 0.273 e. The van der Waals surface area contributed by atoms with E-state index >= 15 is 0 Å². The van der Waals surface area contributed by atoms with Gasteiger partial charge in [-0.05, 0) is 29.8 Å². The van der Waals surface area contributed by atoms with E-state index in [2.05, 4.69) is 45.8 Å². The summed E-state index contributed by atoms with van der Waals surface area (Å²) < 4.78 is 7.08. The van der Waals surface area contributed by atoms with Gasteiger partial charge in [0.2, 0.25) is 11.8 Å². The molecule has 0 spiro atoms. The monoisotopic (exact) mass is 522 g/mol. The Balaban J connectivity index is 1.38. The lowest BCUT2D eigenvalue weighted by Crippen LogP contribution is -2.17. The van der Waals surface area contributed by atoms with E-state index in [1.165, 1.54) is 6.20 Å². The van der Waals surface area contributed by atoms with Crippen LogP contribution >= 0.6 is 0 Å². The van der Waals surface area contributed by atoms with Gasteiger partial charge in [0.15, 0.2) is 5.65 Å². The number of benzene rings is 1. The van der Waals surface area contributed by atoms with Gasteiger partial charge in [-0.2, -0.15) is 9.97 Å². The molecule has 1 atom stereocenters. The van der Waals surface area contributed by atoms with Gasteiger partial charge in [0.25, 0.3) is 11.4 Å². The van der Waals surface area contributed by atoms with Crippen molar-refractivity contribution >= 4 is 28.6 Å². The second-order valence-electron chi connectivity index (χ2n) is 8.58. The van der Waals surface area contributed by atoms with Gasteiger partial charge in [-0.25, -0.2) is 9.97 Å². The van der Waals surface area contributed by atoms with Gasteiger partial charge >= 0.3 is 0 Å². The SMILES string of the molecule is Cn1[nH]c(=O)c2ccc(Nc3ncc(-c4nc(-c5ccccn5)no4)c(N[C@H](CO)c4ccccc4)n3)nc21. The van der Waals surface area contributed by atoms with Crippen LogP contribution in [-0.4, -0.2) is 51.6 Å². The molecule has 0 fully saturated rings. The Morgan fingerprint density at radius 2 is 1.87 bits per heavy atom. The number of aromatic amines is 1. The quantitative estimate of drug-likeness (QED) is 0.231. The number of rotatable bonds is 8. The third kappa shape index (κ3) is 4.81. The summed E-state index contributed by atoms with van der Waals surface area (Å²) in [4.78, 5) is 34.3. The minimum atomic E-state index is -0.477. The summed E-state index contributed by atoms with van der Waals surface area (Å²) in [5.74, 6) is 1.50. The van der Waals surface area contributed by atoms with Crippen molar-refractivity contribution in [3.63, 3.8) is 0 Å². The topological polar surface area (TPSA) is 173 Å². The van der Waals surface area contributed by atoms with Crippen LogP contribution in [0.4, 0.5) is 17.6 Å².